The minimum atomic E-state index is 0.104. The number of ether oxygens (including phenoxy) is 1. The van der Waals surface area contributed by atoms with Gasteiger partial charge < -0.3 is 14.3 Å². The Bertz CT molecular complexity index is 365. The summed E-state index contributed by atoms with van der Waals surface area (Å²) in [6.07, 6.45) is 0. The molecule has 1 N–H and O–H groups in total. The number of aliphatic hydroxyl groups is 1. The van der Waals surface area contributed by atoms with Crippen LogP contribution in [0.25, 0.3) is 0 Å². The van der Waals surface area contributed by atoms with Crippen molar-refractivity contribution in [1.29, 1.82) is 0 Å². The summed E-state index contributed by atoms with van der Waals surface area (Å²) in [6.45, 7) is 7.29. The van der Waals surface area contributed by atoms with Crippen molar-refractivity contribution in [2.75, 3.05) is 52.5 Å². The summed E-state index contributed by atoms with van der Waals surface area (Å²) in [5.74, 6) is 1.01. The molecule has 0 saturated carbocycles. The van der Waals surface area contributed by atoms with Gasteiger partial charge >= 0.3 is 0 Å². The molecule has 0 aromatic carbocycles. The van der Waals surface area contributed by atoms with Gasteiger partial charge in [0.15, 0.2) is 4.67 Å². The topological polar surface area (TPSA) is 49.1 Å². The molecule has 1 saturated heterocycles. The van der Waals surface area contributed by atoms with Gasteiger partial charge in [0.05, 0.1) is 26.4 Å². The second-order valence-corrected chi connectivity index (χ2v) is 5.44. The number of nitrogens with zero attached hydrogens (tertiary/aromatic N) is 2. The maximum Gasteiger partial charge on any atom is 0.169 e. The molecular weight excluding hydrogens is 312 g/mol. The van der Waals surface area contributed by atoms with E-state index in [0.717, 1.165) is 49.7 Å². The van der Waals surface area contributed by atoms with Gasteiger partial charge in [-0.25, -0.2) is 0 Å². The predicted molar refractivity (Wildman–Crippen MR) is 76.0 cm³/mol. The van der Waals surface area contributed by atoms with Crippen LogP contribution < -0.4 is 0 Å². The third-order valence-corrected chi connectivity index (χ3v) is 3.69. The van der Waals surface area contributed by atoms with Gasteiger partial charge in [-0.2, -0.15) is 0 Å². The first-order valence-corrected chi connectivity index (χ1v) is 7.45. The standard InChI is InChI=1S/C13H21BrN2O3/c14-13-2-1-12(19-13)11-16-5-3-15(4-6-16)7-9-18-10-8-17/h1-2,17H,3-11H2. The monoisotopic (exact) mass is 332 g/mol. The SMILES string of the molecule is OCCOCCN1CCN(Cc2ccc(Br)o2)CC1. The van der Waals surface area contributed by atoms with Crippen molar-refractivity contribution in [3.05, 3.63) is 22.6 Å². The third kappa shape index (κ3) is 5.24. The minimum absolute atomic E-state index is 0.104. The summed E-state index contributed by atoms with van der Waals surface area (Å²) in [5, 5.41) is 8.62. The summed E-state index contributed by atoms with van der Waals surface area (Å²) < 4.78 is 11.6. The summed E-state index contributed by atoms with van der Waals surface area (Å²) in [6, 6.07) is 3.95. The highest BCUT2D eigenvalue weighted by molar-refractivity contribution is 9.10. The fraction of sp³-hybridized carbons (Fsp3) is 0.692. The summed E-state index contributed by atoms with van der Waals surface area (Å²) in [5.41, 5.74) is 0. The quantitative estimate of drug-likeness (QED) is 0.759. The normalized spacial score (nSPS) is 18.0. The highest BCUT2D eigenvalue weighted by Gasteiger charge is 2.17. The number of hydrogen-bond donors (Lipinski definition) is 1. The Morgan fingerprint density at radius 2 is 1.89 bits per heavy atom. The Morgan fingerprint density at radius 1 is 1.16 bits per heavy atom. The fourth-order valence-electron chi connectivity index (χ4n) is 2.19. The van der Waals surface area contributed by atoms with Crippen molar-refractivity contribution >= 4 is 15.9 Å². The molecule has 2 rings (SSSR count). The first kappa shape index (κ1) is 15.0. The van der Waals surface area contributed by atoms with Crippen molar-refractivity contribution in [1.82, 2.24) is 9.80 Å². The molecule has 0 unspecified atom stereocenters. The molecule has 1 aliphatic rings. The molecule has 1 aliphatic heterocycles. The van der Waals surface area contributed by atoms with Gasteiger partial charge in [0.2, 0.25) is 0 Å². The van der Waals surface area contributed by atoms with Gasteiger partial charge in [-0.1, -0.05) is 0 Å². The van der Waals surface area contributed by atoms with E-state index in [4.69, 9.17) is 14.3 Å². The average Bonchev–Trinajstić information content (AvgIpc) is 2.82. The Labute approximate surface area is 122 Å². The Kier molecular flexibility index (Phi) is 6.33. The van der Waals surface area contributed by atoms with E-state index in [0.29, 0.717) is 13.2 Å². The fourth-order valence-corrected chi connectivity index (χ4v) is 2.53. The summed E-state index contributed by atoms with van der Waals surface area (Å²) in [4.78, 5) is 4.79. The van der Waals surface area contributed by atoms with Gasteiger partial charge in [0, 0.05) is 32.7 Å². The maximum absolute atomic E-state index is 8.62. The van der Waals surface area contributed by atoms with Crippen LogP contribution in [0.4, 0.5) is 0 Å². The van der Waals surface area contributed by atoms with Crippen LogP contribution in [0.1, 0.15) is 5.76 Å². The van der Waals surface area contributed by atoms with Crippen LogP contribution in [0.5, 0.6) is 0 Å². The minimum Gasteiger partial charge on any atom is -0.453 e. The van der Waals surface area contributed by atoms with Crippen molar-refractivity contribution in [3.63, 3.8) is 0 Å². The Hall–Kier alpha value is -0.400. The van der Waals surface area contributed by atoms with Crippen LogP contribution in [-0.4, -0.2) is 67.5 Å². The molecule has 6 heteroatoms. The van der Waals surface area contributed by atoms with Gasteiger partial charge in [-0.3, -0.25) is 9.80 Å². The zero-order valence-electron chi connectivity index (χ0n) is 11.1. The number of furan rings is 1. The van der Waals surface area contributed by atoms with Crippen LogP contribution >= 0.6 is 15.9 Å². The zero-order valence-corrected chi connectivity index (χ0v) is 12.6. The lowest BCUT2D eigenvalue weighted by Crippen LogP contribution is -2.46. The van der Waals surface area contributed by atoms with E-state index < -0.39 is 0 Å². The van der Waals surface area contributed by atoms with E-state index in [1.165, 1.54) is 0 Å². The van der Waals surface area contributed by atoms with Crippen LogP contribution in [0.2, 0.25) is 0 Å². The lowest BCUT2D eigenvalue weighted by Gasteiger charge is -2.34. The summed E-state index contributed by atoms with van der Waals surface area (Å²) >= 11 is 3.32. The van der Waals surface area contributed by atoms with Crippen LogP contribution in [-0.2, 0) is 11.3 Å². The number of hydrogen-bond acceptors (Lipinski definition) is 5. The molecule has 0 bridgehead atoms. The van der Waals surface area contributed by atoms with E-state index in [2.05, 4.69) is 25.7 Å². The van der Waals surface area contributed by atoms with Crippen molar-refractivity contribution in [2.24, 2.45) is 0 Å². The van der Waals surface area contributed by atoms with Gasteiger partial charge in [-0.15, -0.1) is 0 Å². The first-order chi connectivity index (χ1) is 9.28. The maximum atomic E-state index is 8.62. The van der Waals surface area contributed by atoms with Crippen LogP contribution in [0.3, 0.4) is 0 Å². The predicted octanol–water partition coefficient (Wildman–Crippen LogP) is 1.17. The molecule has 5 nitrogen and oxygen atoms in total. The lowest BCUT2D eigenvalue weighted by atomic mass is 10.3. The molecule has 0 atom stereocenters. The molecular formula is C13H21BrN2O3. The number of halogens is 1. The molecule has 0 spiro atoms. The van der Waals surface area contributed by atoms with Gasteiger partial charge in [-0.05, 0) is 28.1 Å². The largest absolute Gasteiger partial charge is 0.453 e. The van der Waals surface area contributed by atoms with Gasteiger partial charge in [0.1, 0.15) is 5.76 Å². The number of piperazine rings is 1. The molecule has 108 valence electrons. The molecule has 0 amide bonds. The zero-order chi connectivity index (χ0) is 13.5. The highest BCUT2D eigenvalue weighted by Crippen LogP contribution is 2.16. The lowest BCUT2D eigenvalue weighted by molar-refractivity contribution is 0.0552. The molecule has 0 radical (unpaired) electrons. The second kappa shape index (κ2) is 8.01. The van der Waals surface area contributed by atoms with Crippen molar-refractivity contribution in [2.45, 2.75) is 6.54 Å². The summed E-state index contributed by atoms with van der Waals surface area (Å²) in [7, 11) is 0. The number of rotatable bonds is 7. The van der Waals surface area contributed by atoms with Crippen LogP contribution in [0, 0.1) is 0 Å². The molecule has 1 fully saturated rings. The van der Waals surface area contributed by atoms with E-state index in [1.54, 1.807) is 0 Å². The highest BCUT2D eigenvalue weighted by atomic mass is 79.9. The van der Waals surface area contributed by atoms with Crippen molar-refractivity contribution in [3.8, 4) is 0 Å². The molecule has 2 heterocycles. The van der Waals surface area contributed by atoms with Crippen LogP contribution in [0.15, 0.2) is 21.2 Å². The molecule has 19 heavy (non-hydrogen) atoms. The third-order valence-electron chi connectivity index (χ3n) is 3.26. The Balaban J connectivity index is 1.62. The molecule has 0 aliphatic carbocycles. The Morgan fingerprint density at radius 3 is 2.53 bits per heavy atom. The molecule has 1 aromatic rings. The van der Waals surface area contributed by atoms with E-state index in [1.807, 2.05) is 12.1 Å². The molecule has 1 aromatic heterocycles. The average molecular weight is 333 g/mol. The second-order valence-electron chi connectivity index (χ2n) is 4.66. The smallest absolute Gasteiger partial charge is 0.169 e. The van der Waals surface area contributed by atoms with Crippen molar-refractivity contribution < 1.29 is 14.3 Å². The van der Waals surface area contributed by atoms with E-state index >= 15 is 0 Å². The van der Waals surface area contributed by atoms with E-state index in [9.17, 15) is 0 Å². The van der Waals surface area contributed by atoms with E-state index in [-0.39, 0.29) is 6.61 Å². The first-order valence-electron chi connectivity index (χ1n) is 6.65. The number of aliphatic hydroxyl groups excluding tert-OH is 1. The van der Waals surface area contributed by atoms with Gasteiger partial charge in [0.25, 0.3) is 0 Å².